The number of carbonyl (C=O) groups excluding carboxylic acids is 1. The number of hydrogen-bond acceptors (Lipinski definition) is 4. The molecule has 1 aromatic carbocycles. The Morgan fingerprint density at radius 3 is 2.47 bits per heavy atom. The minimum Gasteiger partial charge on any atom is -0.493 e. The van der Waals surface area contributed by atoms with Crippen molar-refractivity contribution in [2.45, 2.75) is 50.8 Å². The molecule has 3 heterocycles. The van der Waals surface area contributed by atoms with Crippen LogP contribution in [0.3, 0.4) is 0 Å². The van der Waals surface area contributed by atoms with Gasteiger partial charge in [0.2, 0.25) is 0 Å². The van der Waals surface area contributed by atoms with E-state index >= 15 is 4.39 Å². The summed E-state index contributed by atoms with van der Waals surface area (Å²) in [5, 5.41) is 0. The third kappa shape index (κ3) is 4.01. The Morgan fingerprint density at radius 2 is 1.85 bits per heavy atom. The number of hydrogen-bond donors (Lipinski definition) is 0. The molecule has 1 saturated heterocycles. The summed E-state index contributed by atoms with van der Waals surface area (Å²) in [6.07, 6.45) is -5.97. The molecule has 2 aliphatic rings. The minimum atomic E-state index is -4.51. The minimum absolute atomic E-state index is 0.0784. The first-order valence-corrected chi connectivity index (χ1v) is 11.3. The van der Waals surface area contributed by atoms with E-state index in [4.69, 9.17) is 9.47 Å². The zero-order chi connectivity index (χ0) is 24.8. The van der Waals surface area contributed by atoms with Crippen LogP contribution in [-0.2, 0) is 18.3 Å². The number of amides is 1. The molecule has 1 spiro atoms. The van der Waals surface area contributed by atoms with Gasteiger partial charge in [0.15, 0.2) is 11.5 Å². The number of fused-ring (bicyclic) bond motifs is 2. The number of benzene rings is 1. The third-order valence-electron chi connectivity index (χ3n) is 6.78. The zero-order valence-corrected chi connectivity index (χ0v) is 19.7. The molecule has 2 atom stereocenters. The Kier molecular flexibility index (Phi) is 6.30. The summed E-state index contributed by atoms with van der Waals surface area (Å²) in [6, 6.07) is 7.21. The van der Waals surface area contributed by atoms with Gasteiger partial charge in [0.25, 0.3) is 5.91 Å². The summed E-state index contributed by atoms with van der Waals surface area (Å²) < 4.78 is 68.5. The number of likely N-dealkylation sites (N-methyl/N-ethyl adjacent to an activating group) is 1. The number of alkyl halides is 4. The summed E-state index contributed by atoms with van der Waals surface area (Å²) in [5.74, 6) is 0.533. The van der Waals surface area contributed by atoms with Crippen LogP contribution in [0.4, 0.5) is 17.6 Å². The van der Waals surface area contributed by atoms with E-state index in [1.807, 2.05) is 13.8 Å². The van der Waals surface area contributed by atoms with Gasteiger partial charge in [0, 0.05) is 30.9 Å². The second-order valence-corrected chi connectivity index (χ2v) is 9.10. The molecule has 0 radical (unpaired) electrons. The highest BCUT2D eigenvalue weighted by Crippen LogP contribution is 2.45. The normalized spacial score (nSPS) is 23.3. The van der Waals surface area contributed by atoms with E-state index in [1.165, 1.54) is 22.6 Å². The topological polar surface area (TPSA) is 46.9 Å². The van der Waals surface area contributed by atoms with Crippen molar-refractivity contribution >= 4 is 5.91 Å². The monoisotopic (exact) mass is 483 g/mol. The molecule has 1 aromatic heterocycles. The molecule has 34 heavy (non-hydrogen) atoms. The van der Waals surface area contributed by atoms with Gasteiger partial charge in [-0.25, -0.2) is 4.39 Å². The number of piperidine rings is 1. The number of halogens is 4. The second kappa shape index (κ2) is 8.79. The van der Waals surface area contributed by atoms with Gasteiger partial charge in [0.1, 0.15) is 11.9 Å². The molecule has 186 valence electrons. The van der Waals surface area contributed by atoms with Crippen molar-refractivity contribution in [1.82, 2.24) is 14.4 Å². The maximum Gasteiger partial charge on any atom is 0.431 e. The molecule has 1 fully saturated rings. The lowest BCUT2D eigenvalue weighted by atomic mass is 9.79. The van der Waals surface area contributed by atoms with Gasteiger partial charge in [-0.15, -0.1) is 0 Å². The maximum atomic E-state index is 15.9. The molecule has 10 heteroatoms. The first kappa shape index (κ1) is 24.4. The molecule has 2 aromatic rings. The lowest BCUT2D eigenvalue weighted by Gasteiger charge is -2.52. The Bertz CT molecular complexity index is 1070. The molecule has 1 unspecified atom stereocenters. The summed E-state index contributed by atoms with van der Waals surface area (Å²) >= 11 is 0. The third-order valence-corrected chi connectivity index (χ3v) is 6.78. The van der Waals surface area contributed by atoms with Crippen LogP contribution in [0.25, 0.3) is 0 Å². The predicted octanol–water partition coefficient (Wildman–Crippen LogP) is 4.33. The van der Waals surface area contributed by atoms with Crippen molar-refractivity contribution in [3.05, 3.63) is 47.3 Å². The van der Waals surface area contributed by atoms with Crippen LogP contribution in [0.15, 0.2) is 30.3 Å². The summed E-state index contributed by atoms with van der Waals surface area (Å²) in [5.41, 5.74) is -1.34. The quantitative estimate of drug-likeness (QED) is 0.608. The standard InChI is InChI=1S/C24H29F4N3O3/c1-15(2)34-17-6-5-16(13-18(17)33-4)22(32)30-10-9-23(19(25)14-30)20-7-8-21(24(26,27)28)31(20)12-11-29(23)3/h5-8,13,15,19H,9-12,14H2,1-4H3/t19?,23-/m0/s1. The number of likely N-dealkylation sites (tertiary alicyclic amines) is 1. The Labute approximate surface area is 196 Å². The molecule has 4 rings (SSSR count). The van der Waals surface area contributed by atoms with Gasteiger partial charge in [-0.2, -0.15) is 13.2 Å². The van der Waals surface area contributed by atoms with E-state index in [2.05, 4.69) is 0 Å². The van der Waals surface area contributed by atoms with E-state index in [-0.39, 0.29) is 44.6 Å². The van der Waals surface area contributed by atoms with Gasteiger partial charge >= 0.3 is 6.18 Å². The lowest BCUT2D eigenvalue weighted by molar-refractivity contribution is -0.145. The molecule has 0 saturated carbocycles. The lowest BCUT2D eigenvalue weighted by Crippen LogP contribution is -2.63. The smallest absolute Gasteiger partial charge is 0.431 e. The van der Waals surface area contributed by atoms with Gasteiger partial charge < -0.3 is 18.9 Å². The molecule has 0 N–H and O–H groups in total. The fourth-order valence-corrected chi connectivity index (χ4v) is 5.11. The Hall–Kier alpha value is -2.75. The molecule has 6 nitrogen and oxygen atoms in total. The van der Waals surface area contributed by atoms with Crippen LogP contribution in [0, 0.1) is 0 Å². The zero-order valence-electron chi connectivity index (χ0n) is 19.7. The second-order valence-electron chi connectivity index (χ2n) is 9.10. The van der Waals surface area contributed by atoms with E-state index in [9.17, 15) is 18.0 Å². The van der Waals surface area contributed by atoms with Gasteiger partial charge in [-0.3, -0.25) is 9.69 Å². The molecular formula is C24H29F4N3O3. The number of ether oxygens (including phenoxy) is 2. The van der Waals surface area contributed by atoms with E-state index in [1.54, 1.807) is 30.1 Å². The van der Waals surface area contributed by atoms with Crippen LogP contribution in [0.5, 0.6) is 11.5 Å². The van der Waals surface area contributed by atoms with Crippen molar-refractivity contribution in [2.24, 2.45) is 0 Å². The molecule has 1 amide bonds. The van der Waals surface area contributed by atoms with Crippen LogP contribution in [0.1, 0.15) is 42.0 Å². The van der Waals surface area contributed by atoms with Gasteiger partial charge in [0.05, 0.1) is 25.3 Å². The van der Waals surface area contributed by atoms with E-state index in [0.717, 1.165) is 6.07 Å². The highest BCUT2D eigenvalue weighted by atomic mass is 19.4. The van der Waals surface area contributed by atoms with E-state index < -0.39 is 23.6 Å². The maximum absolute atomic E-state index is 15.9. The highest BCUT2D eigenvalue weighted by Gasteiger charge is 2.53. The Balaban J connectivity index is 1.59. The van der Waals surface area contributed by atoms with Crippen molar-refractivity contribution in [1.29, 1.82) is 0 Å². The van der Waals surface area contributed by atoms with Crippen molar-refractivity contribution < 1.29 is 31.8 Å². The fourth-order valence-electron chi connectivity index (χ4n) is 5.11. The van der Waals surface area contributed by atoms with Gasteiger partial charge in [-0.05, 0) is 57.6 Å². The van der Waals surface area contributed by atoms with Crippen LogP contribution < -0.4 is 9.47 Å². The number of carbonyl (C=O) groups is 1. The summed E-state index contributed by atoms with van der Waals surface area (Å²) in [6.45, 7) is 4.16. The number of nitrogens with zero attached hydrogens (tertiary/aromatic N) is 3. The van der Waals surface area contributed by atoms with Crippen LogP contribution in [0.2, 0.25) is 0 Å². The average Bonchev–Trinajstić information content (AvgIpc) is 3.22. The van der Waals surface area contributed by atoms with E-state index in [0.29, 0.717) is 22.8 Å². The van der Waals surface area contributed by atoms with Crippen LogP contribution in [-0.4, -0.2) is 66.3 Å². The number of methoxy groups -OCH3 is 1. The largest absolute Gasteiger partial charge is 0.493 e. The summed E-state index contributed by atoms with van der Waals surface area (Å²) in [4.78, 5) is 16.4. The summed E-state index contributed by atoms with van der Waals surface area (Å²) in [7, 11) is 3.20. The number of rotatable bonds is 4. The number of aromatic nitrogens is 1. The van der Waals surface area contributed by atoms with Crippen molar-refractivity contribution in [3.63, 3.8) is 0 Å². The first-order valence-electron chi connectivity index (χ1n) is 11.3. The Morgan fingerprint density at radius 1 is 1.12 bits per heavy atom. The van der Waals surface area contributed by atoms with Crippen molar-refractivity contribution in [2.75, 3.05) is 33.8 Å². The van der Waals surface area contributed by atoms with Crippen LogP contribution >= 0.6 is 0 Å². The highest BCUT2D eigenvalue weighted by molar-refractivity contribution is 5.95. The van der Waals surface area contributed by atoms with Gasteiger partial charge in [-0.1, -0.05) is 0 Å². The first-order chi connectivity index (χ1) is 16.0. The molecule has 0 aliphatic carbocycles. The molecule has 0 bridgehead atoms. The predicted molar refractivity (Wildman–Crippen MR) is 118 cm³/mol. The molecular weight excluding hydrogens is 454 g/mol. The SMILES string of the molecule is COc1cc(C(=O)N2CC[C@@]3(c4ccc(C(F)(F)F)n4CCN3C)C(F)C2)ccc1OC(C)C. The average molecular weight is 484 g/mol. The fraction of sp³-hybridized carbons (Fsp3) is 0.542. The molecule has 2 aliphatic heterocycles. The van der Waals surface area contributed by atoms with Crippen molar-refractivity contribution in [3.8, 4) is 11.5 Å².